The molecule has 3 rings (SSSR count). The summed E-state index contributed by atoms with van der Waals surface area (Å²) in [5.41, 5.74) is -0.837. The number of hydrogen-bond donors (Lipinski definition) is 0. The standard InChI is InChI=1S/C16H10Cl2N2O4S/c17-12-4-6-14(7-5-12)25(23,24)20-9-8-19(16(20)22)15(21)11-2-1-3-13(18)10-11/h1-10H. The molecule has 0 saturated heterocycles. The van der Waals surface area contributed by atoms with E-state index in [9.17, 15) is 18.0 Å². The van der Waals surface area contributed by atoms with Crippen molar-refractivity contribution in [3.63, 3.8) is 0 Å². The first-order valence-corrected chi connectivity index (χ1v) is 9.12. The molecule has 0 spiro atoms. The molecular weight excluding hydrogens is 387 g/mol. The van der Waals surface area contributed by atoms with Crippen molar-refractivity contribution >= 4 is 39.1 Å². The second kappa shape index (κ2) is 6.51. The molecule has 9 heteroatoms. The Morgan fingerprint density at radius 1 is 0.920 bits per heavy atom. The van der Waals surface area contributed by atoms with E-state index in [1.807, 2.05) is 0 Å². The van der Waals surface area contributed by atoms with Gasteiger partial charge < -0.3 is 0 Å². The zero-order chi connectivity index (χ0) is 18.2. The van der Waals surface area contributed by atoms with Crippen LogP contribution in [-0.2, 0) is 10.0 Å². The Morgan fingerprint density at radius 3 is 2.24 bits per heavy atom. The maximum absolute atomic E-state index is 12.6. The van der Waals surface area contributed by atoms with Crippen molar-refractivity contribution < 1.29 is 13.2 Å². The molecule has 2 aromatic carbocycles. The smallest absolute Gasteiger partial charge is 0.268 e. The molecule has 0 N–H and O–H groups in total. The normalized spacial score (nSPS) is 11.4. The monoisotopic (exact) mass is 396 g/mol. The third kappa shape index (κ3) is 3.26. The summed E-state index contributed by atoms with van der Waals surface area (Å²) < 4.78 is 26.3. The molecule has 1 heterocycles. The van der Waals surface area contributed by atoms with Crippen molar-refractivity contribution in [1.29, 1.82) is 0 Å². The van der Waals surface area contributed by atoms with Gasteiger partial charge in [-0.3, -0.25) is 4.79 Å². The van der Waals surface area contributed by atoms with E-state index in [0.717, 1.165) is 12.4 Å². The zero-order valence-corrected chi connectivity index (χ0v) is 14.8. The van der Waals surface area contributed by atoms with Crippen LogP contribution in [0.15, 0.2) is 70.6 Å². The van der Waals surface area contributed by atoms with E-state index in [-0.39, 0.29) is 10.5 Å². The van der Waals surface area contributed by atoms with Gasteiger partial charge in [0.15, 0.2) is 0 Å². The maximum atomic E-state index is 12.6. The van der Waals surface area contributed by atoms with Gasteiger partial charge in [-0.2, -0.15) is 3.97 Å². The van der Waals surface area contributed by atoms with Gasteiger partial charge in [0.05, 0.1) is 4.90 Å². The number of carbonyl (C=O) groups is 1. The van der Waals surface area contributed by atoms with Crippen LogP contribution in [0.25, 0.3) is 0 Å². The predicted molar refractivity (Wildman–Crippen MR) is 93.9 cm³/mol. The molecular formula is C16H10Cl2N2O4S. The van der Waals surface area contributed by atoms with Crippen LogP contribution in [-0.4, -0.2) is 22.9 Å². The average molecular weight is 397 g/mol. The Hall–Kier alpha value is -2.35. The van der Waals surface area contributed by atoms with Gasteiger partial charge >= 0.3 is 5.69 Å². The lowest BCUT2D eigenvalue weighted by atomic mass is 10.2. The van der Waals surface area contributed by atoms with Crippen molar-refractivity contribution in [2.75, 3.05) is 0 Å². The minimum Gasteiger partial charge on any atom is -0.268 e. The molecule has 25 heavy (non-hydrogen) atoms. The number of benzene rings is 2. The van der Waals surface area contributed by atoms with E-state index in [0.29, 0.717) is 18.6 Å². The molecule has 0 aliphatic heterocycles. The number of aromatic nitrogens is 2. The van der Waals surface area contributed by atoms with Crippen LogP contribution in [0, 0.1) is 0 Å². The number of imidazole rings is 1. The Balaban J connectivity index is 2.06. The van der Waals surface area contributed by atoms with Crippen LogP contribution in [0.4, 0.5) is 0 Å². The van der Waals surface area contributed by atoms with Crippen LogP contribution in [0.1, 0.15) is 10.4 Å². The molecule has 0 saturated carbocycles. The van der Waals surface area contributed by atoms with Gasteiger partial charge in [-0.1, -0.05) is 29.3 Å². The fourth-order valence-corrected chi connectivity index (χ4v) is 3.71. The SMILES string of the molecule is O=C(c1cccc(Cl)c1)n1ccn(S(=O)(=O)c2ccc(Cl)cc2)c1=O. The maximum Gasteiger partial charge on any atom is 0.349 e. The minimum atomic E-state index is -4.14. The van der Waals surface area contributed by atoms with Gasteiger partial charge in [0, 0.05) is 28.0 Å². The third-order valence-corrected chi connectivity index (χ3v) is 5.56. The fourth-order valence-electron chi connectivity index (χ4n) is 2.18. The molecule has 0 bridgehead atoms. The highest BCUT2D eigenvalue weighted by Gasteiger charge is 2.23. The highest BCUT2D eigenvalue weighted by atomic mass is 35.5. The molecule has 1 aromatic heterocycles. The van der Waals surface area contributed by atoms with Gasteiger partial charge in [0.25, 0.3) is 15.9 Å². The van der Waals surface area contributed by atoms with E-state index < -0.39 is 21.6 Å². The molecule has 3 aromatic rings. The largest absolute Gasteiger partial charge is 0.349 e. The molecule has 128 valence electrons. The molecule has 0 fully saturated rings. The average Bonchev–Trinajstić information content (AvgIpc) is 2.97. The summed E-state index contributed by atoms with van der Waals surface area (Å²) >= 11 is 11.6. The van der Waals surface area contributed by atoms with Crippen LogP contribution in [0.5, 0.6) is 0 Å². The predicted octanol–water partition coefficient (Wildman–Crippen LogP) is 2.88. The summed E-state index contributed by atoms with van der Waals surface area (Å²) in [6.07, 6.45) is 2.12. The van der Waals surface area contributed by atoms with Crippen molar-refractivity contribution in [2.45, 2.75) is 4.90 Å². The van der Waals surface area contributed by atoms with E-state index in [1.54, 1.807) is 12.1 Å². The van der Waals surface area contributed by atoms with E-state index >= 15 is 0 Å². The lowest BCUT2D eigenvalue weighted by Crippen LogP contribution is -2.32. The molecule has 0 radical (unpaired) electrons. The van der Waals surface area contributed by atoms with Crippen molar-refractivity contribution in [2.24, 2.45) is 0 Å². The number of hydrogen-bond acceptors (Lipinski definition) is 4. The first-order chi connectivity index (χ1) is 11.8. The number of carbonyl (C=O) groups excluding carboxylic acids is 1. The van der Waals surface area contributed by atoms with Gasteiger partial charge in [-0.05, 0) is 42.5 Å². The Bertz CT molecular complexity index is 1120. The van der Waals surface area contributed by atoms with Crippen LogP contribution in [0.3, 0.4) is 0 Å². The summed E-state index contributed by atoms with van der Waals surface area (Å²) in [6.45, 7) is 0. The summed E-state index contributed by atoms with van der Waals surface area (Å²) in [5, 5.41) is 0.687. The minimum absolute atomic E-state index is 0.119. The van der Waals surface area contributed by atoms with Crippen molar-refractivity contribution in [3.05, 3.63) is 87.0 Å². The summed E-state index contributed by atoms with van der Waals surface area (Å²) in [4.78, 5) is 24.7. The van der Waals surface area contributed by atoms with Gasteiger partial charge in [-0.15, -0.1) is 0 Å². The van der Waals surface area contributed by atoms with Crippen LogP contribution >= 0.6 is 23.2 Å². The summed E-state index contributed by atoms with van der Waals surface area (Å²) in [7, 11) is -4.14. The quantitative estimate of drug-likeness (QED) is 0.681. The van der Waals surface area contributed by atoms with E-state index in [1.165, 1.54) is 36.4 Å². The summed E-state index contributed by atoms with van der Waals surface area (Å²) in [5.74, 6) is -0.683. The first-order valence-electron chi connectivity index (χ1n) is 6.92. The van der Waals surface area contributed by atoms with Gasteiger partial charge in [0.1, 0.15) is 0 Å². The molecule has 0 amide bonds. The van der Waals surface area contributed by atoms with Gasteiger partial charge in [-0.25, -0.2) is 17.8 Å². The lowest BCUT2D eigenvalue weighted by Gasteiger charge is -2.05. The summed E-state index contributed by atoms with van der Waals surface area (Å²) in [6, 6.07) is 11.4. The first kappa shape index (κ1) is 17.5. The lowest BCUT2D eigenvalue weighted by molar-refractivity contribution is 0.0956. The van der Waals surface area contributed by atoms with Crippen LogP contribution < -0.4 is 5.69 Å². The Kier molecular flexibility index (Phi) is 4.55. The Labute approximate surface area is 152 Å². The zero-order valence-electron chi connectivity index (χ0n) is 12.5. The third-order valence-electron chi connectivity index (χ3n) is 3.41. The van der Waals surface area contributed by atoms with Crippen LogP contribution in [0.2, 0.25) is 10.0 Å². The topological polar surface area (TPSA) is 78.1 Å². The second-order valence-corrected chi connectivity index (χ2v) is 7.71. The highest BCUT2D eigenvalue weighted by Crippen LogP contribution is 2.16. The molecule has 0 atom stereocenters. The Morgan fingerprint density at radius 2 is 1.60 bits per heavy atom. The molecule has 0 aliphatic carbocycles. The van der Waals surface area contributed by atoms with Crippen molar-refractivity contribution in [3.8, 4) is 0 Å². The second-order valence-electron chi connectivity index (χ2n) is 5.02. The van der Waals surface area contributed by atoms with E-state index in [2.05, 4.69) is 0 Å². The molecule has 0 aliphatic rings. The van der Waals surface area contributed by atoms with E-state index in [4.69, 9.17) is 23.2 Å². The number of rotatable bonds is 3. The number of nitrogens with zero attached hydrogens (tertiary/aromatic N) is 2. The van der Waals surface area contributed by atoms with Gasteiger partial charge in [0.2, 0.25) is 0 Å². The highest BCUT2D eigenvalue weighted by molar-refractivity contribution is 7.90. The van der Waals surface area contributed by atoms with Crippen molar-refractivity contribution in [1.82, 2.24) is 8.54 Å². The fraction of sp³-hybridized carbons (Fsp3) is 0. The number of halogens is 2. The molecule has 6 nitrogen and oxygen atoms in total. The molecule has 0 unspecified atom stereocenters.